The number of aromatic nitrogens is 1. The minimum absolute atomic E-state index is 0. The average molecular weight is 530 g/mol. The van der Waals surface area contributed by atoms with Crippen LogP contribution in [0, 0.1) is 28.1 Å². The van der Waals surface area contributed by atoms with Crippen LogP contribution in [0.4, 0.5) is 17.1 Å². The summed E-state index contributed by atoms with van der Waals surface area (Å²) in [4.78, 5) is 3.94. The Bertz CT molecular complexity index is 1060. The van der Waals surface area contributed by atoms with Crippen LogP contribution in [0.2, 0.25) is 0 Å². The van der Waals surface area contributed by atoms with Crippen LogP contribution in [-0.2, 0) is 20.1 Å². The van der Waals surface area contributed by atoms with E-state index in [4.69, 9.17) is 16.4 Å². The second-order valence-electron chi connectivity index (χ2n) is 5.48. The van der Waals surface area contributed by atoms with E-state index in [1.54, 1.807) is 54.9 Å². The number of rotatable bonds is 4. The van der Waals surface area contributed by atoms with Crippen LogP contribution in [0.1, 0.15) is 22.3 Å². The smallest absolute Gasteiger partial charge is 0.101 e. The zero-order chi connectivity index (χ0) is 18.5. The Labute approximate surface area is 170 Å². The molecule has 0 bridgehead atoms. The molecule has 1 aromatic heterocycles. The molecule has 0 fully saturated rings. The van der Waals surface area contributed by atoms with E-state index in [1.807, 2.05) is 6.07 Å². The van der Waals surface area contributed by atoms with Crippen molar-refractivity contribution in [3.05, 3.63) is 88.9 Å². The Balaban J connectivity index is 0.00000261. The van der Waals surface area contributed by atoms with Crippen LogP contribution >= 0.6 is 0 Å². The summed E-state index contributed by atoms with van der Waals surface area (Å²) in [6.07, 6.45) is 3.21. The Morgan fingerprint density at radius 3 is 2.41 bits per heavy atom. The maximum absolute atomic E-state index is 9.28. The molecule has 3 rings (SSSR count). The first kappa shape index (κ1) is 19.8. The molecule has 3 aromatic rings. The average Bonchev–Trinajstić information content (AvgIpc) is 2.69. The van der Waals surface area contributed by atoms with Crippen molar-refractivity contribution >= 4 is 22.8 Å². The summed E-state index contributed by atoms with van der Waals surface area (Å²) in [5, 5.41) is 29.7. The van der Waals surface area contributed by atoms with E-state index in [0.29, 0.717) is 33.6 Å². The van der Waals surface area contributed by atoms with Gasteiger partial charge in [-0.15, -0.1) is 5.69 Å². The molecule has 0 saturated carbocycles. The van der Waals surface area contributed by atoms with Crippen molar-refractivity contribution in [3.63, 3.8) is 0 Å². The quantitative estimate of drug-likeness (QED) is 0.478. The van der Waals surface area contributed by atoms with E-state index in [0.717, 1.165) is 0 Å². The SMILES string of the molecule is N#Cc1ccc(Nc2ccc([NH-])c(C(=N)c3ccncc3)c2)c(C#N)c1.[Ir]. The van der Waals surface area contributed by atoms with Gasteiger partial charge in [0, 0.05) is 43.7 Å². The van der Waals surface area contributed by atoms with Gasteiger partial charge >= 0.3 is 0 Å². The fraction of sp³-hybridized carbons (Fsp3) is 0. The third-order valence-corrected chi connectivity index (χ3v) is 3.81. The van der Waals surface area contributed by atoms with Crippen LogP contribution in [0.15, 0.2) is 60.9 Å². The summed E-state index contributed by atoms with van der Waals surface area (Å²) >= 11 is 0. The maximum atomic E-state index is 9.28. The molecule has 7 heteroatoms. The van der Waals surface area contributed by atoms with Gasteiger partial charge in [-0.3, -0.25) is 10.4 Å². The van der Waals surface area contributed by atoms with E-state index in [2.05, 4.69) is 16.4 Å². The van der Waals surface area contributed by atoms with Gasteiger partial charge in [-0.1, -0.05) is 6.07 Å². The molecule has 1 radical (unpaired) electrons. The van der Waals surface area contributed by atoms with Crippen molar-refractivity contribution in [2.45, 2.75) is 0 Å². The van der Waals surface area contributed by atoms with E-state index in [9.17, 15) is 5.26 Å². The number of nitrogens with zero attached hydrogens (tertiary/aromatic N) is 3. The van der Waals surface area contributed by atoms with Gasteiger partial charge in [0.2, 0.25) is 0 Å². The predicted molar refractivity (Wildman–Crippen MR) is 99.7 cm³/mol. The maximum Gasteiger partial charge on any atom is 0.101 e. The summed E-state index contributed by atoms with van der Waals surface area (Å²) in [6, 6.07) is 17.3. The standard InChI is InChI=1S/C20H13N6.Ir/c21-11-13-1-4-19(15(9-13)12-22)26-16-2-3-18(23)17(10-16)20(24)14-5-7-25-8-6-14;/h1-10,23-24,26H;/q-1;. The molecule has 0 unspecified atom stereocenters. The zero-order valence-corrected chi connectivity index (χ0v) is 16.3. The van der Waals surface area contributed by atoms with Crippen LogP contribution in [0.5, 0.6) is 0 Å². The van der Waals surface area contributed by atoms with Crippen LogP contribution in [0.25, 0.3) is 5.73 Å². The topological polar surface area (TPSA) is 120 Å². The van der Waals surface area contributed by atoms with Gasteiger partial charge in [-0.2, -0.15) is 10.5 Å². The predicted octanol–water partition coefficient (Wildman–Crippen LogP) is 4.67. The molecular formula is C20H13IrN6-. The number of hydrogen-bond donors (Lipinski definition) is 2. The number of hydrogen-bond acceptors (Lipinski definition) is 5. The number of nitrogens with one attached hydrogen (secondary N) is 3. The molecule has 2 aromatic carbocycles. The first-order chi connectivity index (χ1) is 12.6. The molecule has 0 aliphatic heterocycles. The third-order valence-electron chi connectivity index (χ3n) is 3.81. The first-order valence-electron chi connectivity index (χ1n) is 7.68. The van der Waals surface area contributed by atoms with Gasteiger partial charge in [0.25, 0.3) is 0 Å². The van der Waals surface area contributed by atoms with Crippen LogP contribution in [0.3, 0.4) is 0 Å². The molecule has 27 heavy (non-hydrogen) atoms. The number of benzene rings is 2. The number of nitriles is 2. The molecule has 0 atom stereocenters. The van der Waals surface area contributed by atoms with Gasteiger partial charge in [-0.25, -0.2) is 0 Å². The molecule has 0 saturated heterocycles. The van der Waals surface area contributed by atoms with Gasteiger partial charge in [0.15, 0.2) is 0 Å². The van der Waals surface area contributed by atoms with Crippen molar-refractivity contribution in [3.8, 4) is 12.1 Å². The van der Waals surface area contributed by atoms with Crippen LogP contribution in [-0.4, -0.2) is 10.7 Å². The molecular weight excluding hydrogens is 516 g/mol. The fourth-order valence-electron chi connectivity index (χ4n) is 2.47. The Morgan fingerprint density at radius 1 is 1.00 bits per heavy atom. The Kier molecular flexibility index (Phi) is 6.41. The second-order valence-corrected chi connectivity index (χ2v) is 5.48. The van der Waals surface area contributed by atoms with Crippen molar-refractivity contribution in [1.82, 2.24) is 4.98 Å². The number of pyridine rings is 1. The van der Waals surface area contributed by atoms with Gasteiger partial charge in [0.1, 0.15) is 6.07 Å². The van der Waals surface area contributed by atoms with Gasteiger partial charge in [-0.05, 0) is 48.0 Å². The van der Waals surface area contributed by atoms with E-state index >= 15 is 0 Å². The molecule has 133 valence electrons. The summed E-state index contributed by atoms with van der Waals surface area (Å²) in [6.45, 7) is 0. The normalized spacial score (nSPS) is 9.41. The fourth-order valence-corrected chi connectivity index (χ4v) is 2.47. The molecule has 6 nitrogen and oxygen atoms in total. The van der Waals surface area contributed by atoms with Crippen molar-refractivity contribution in [2.75, 3.05) is 5.32 Å². The zero-order valence-electron chi connectivity index (χ0n) is 13.9. The van der Waals surface area contributed by atoms with Gasteiger partial charge < -0.3 is 11.1 Å². The minimum Gasteiger partial charge on any atom is -0.698 e. The van der Waals surface area contributed by atoms with Crippen molar-refractivity contribution < 1.29 is 20.1 Å². The third kappa shape index (κ3) is 4.37. The largest absolute Gasteiger partial charge is 0.698 e. The summed E-state index contributed by atoms with van der Waals surface area (Å²) < 4.78 is 0. The monoisotopic (exact) mass is 530 g/mol. The van der Waals surface area contributed by atoms with E-state index in [1.165, 1.54) is 6.07 Å². The molecule has 0 aliphatic carbocycles. The van der Waals surface area contributed by atoms with Crippen LogP contribution < -0.4 is 5.32 Å². The molecule has 1 heterocycles. The van der Waals surface area contributed by atoms with Gasteiger partial charge in [0.05, 0.1) is 28.6 Å². The van der Waals surface area contributed by atoms with E-state index in [-0.39, 0.29) is 31.5 Å². The van der Waals surface area contributed by atoms with E-state index < -0.39 is 0 Å². The summed E-state index contributed by atoms with van der Waals surface area (Å²) in [7, 11) is 0. The second kappa shape index (κ2) is 8.73. The molecule has 0 amide bonds. The van der Waals surface area contributed by atoms with Crippen molar-refractivity contribution in [1.29, 1.82) is 15.9 Å². The summed E-state index contributed by atoms with van der Waals surface area (Å²) in [5.41, 5.74) is 11.7. The minimum atomic E-state index is 0. The molecule has 0 spiro atoms. The molecule has 0 aliphatic rings. The summed E-state index contributed by atoms with van der Waals surface area (Å²) in [5.74, 6) is 0. The Morgan fingerprint density at radius 2 is 1.74 bits per heavy atom. The first-order valence-corrected chi connectivity index (χ1v) is 7.68. The molecule has 3 N–H and O–H groups in total. The number of anilines is 2. The van der Waals surface area contributed by atoms with Crippen molar-refractivity contribution in [2.24, 2.45) is 0 Å². The Hall–Kier alpha value is -3.51.